The second kappa shape index (κ2) is 9.02. The van der Waals surface area contributed by atoms with Crippen molar-refractivity contribution in [3.8, 4) is 5.75 Å². The molecule has 2 aromatic rings. The van der Waals surface area contributed by atoms with E-state index in [1.807, 2.05) is 6.07 Å². The zero-order chi connectivity index (χ0) is 16.6. The van der Waals surface area contributed by atoms with Gasteiger partial charge in [0.1, 0.15) is 10.9 Å². The predicted molar refractivity (Wildman–Crippen MR) is 97.7 cm³/mol. The number of nitrogens with zero attached hydrogens (tertiary/aromatic N) is 2. The summed E-state index contributed by atoms with van der Waals surface area (Å²) in [6.45, 7) is 6.21. The molecule has 4 nitrogen and oxygen atoms in total. The Bertz CT molecular complexity index is 610. The molecule has 1 saturated heterocycles. The summed E-state index contributed by atoms with van der Waals surface area (Å²) in [5, 5.41) is 3.88. The van der Waals surface area contributed by atoms with Crippen molar-refractivity contribution < 1.29 is 4.74 Å². The van der Waals surface area contributed by atoms with Gasteiger partial charge in [-0.1, -0.05) is 35.9 Å². The van der Waals surface area contributed by atoms with Crippen LogP contribution in [0.3, 0.4) is 0 Å². The van der Waals surface area contributed by atoms with E-state index < -0.39 is 0 Å². The first-order valence-corrected chi connectivity index (χ1v) is 8.93. The molecule has 0 atom stereocenters. The summed E-state index contributed by atoms with van der Waals surface area (Å²) in [6.07, 6.45) is 3.67. The highest BCUT2D eigenvalue weighted by atomic mass is 35.5. The van der Waals surface area contributed by atoms with Gasteiger partial charge in [0.2, 0.25) is 0 Å². The zero-order valence-electron chi connectivity index (χ0n) is 13.9. The molecule has 1 aromatic carbocycles. The van der Waals surface area contributed by atoms with E-state index in [9.17, 15) is 0 Å². The number of halogens is 1. The maximum absolute atomic E-state index is 5.75. The quantitative estimate of drug-likeness (QED) is 0.618. The standard InChI is InChI=1S/C19H24ClN3O/c20-19-8-7-18(14-22-19)24-13-1-2-16-3-5-17(6-4-16)15-23-11-9-21-10-12-23/h3-8,14,21H,1-2,9-13,15H2. The van der Waals surface area contributed by atoms with Gasteiger partial charge in [-0.05, 0) is 36.1 Å². The molecule has 1 aliphatic rings. The van der Waals surface area contributed by atoms with Crippen LogP contribution in [0.1, 0.15) is 17.5 Å². The molecule has 0 bridgehead atoms. The Hall–Kier alpha value is -1.62. The van der Waals surface area contributed by atoms with Crippen molar-refractivity contribution in [1.29, 1.82) is 0 Å². The number of rotatable bonds is 7. The number of hydrogen-bond acceptors (Lipinski definition) is 4. The number of ether oxygens (including phenoxy) is 1. The van der Waals surface area contributed by atoms with Gasteiger partial charge in [0.15, 0.2) is 0 Å². The summed E-state index contributed by atoms with van der Waals surface area (Å²) in [5.74, 6) is 0.769. The zero-order valence-corrected chi connectivity index (χ0v) is 14.6. The third-order valence-electron chi connectivity index (χ3n) is 4.22. The number of hydrogen-bond donors (Lipinski definition) is 1. The van der Waals surface area contributed by atoms with Crippen LogP contribution in [0.5, 0.6) is 5.75 Å². The van der Waals surface area contributed by atoms with E-state index in [-0.39, 0.29) is 0 Å². The molecular formula is C19H24ClN3O. The number of aromatic nitrogens is 1. The van der Waals surface area contributed by atoms with Crippen molar-refractivity contribution in [1.82, 2.24) is 15.2 Å². The van der Waals surface area contributed by atoms with Gasteiger partial charge in [0.25, 0.3) is 0 Å². The van der Waals surface area contributed by atoms with Gasteiger partial charge in [0, 0.05) is 32.7 Å². The molecular weight excluding hydrogens is 322 g/mol. The Morgan fingerprint density at radius 2 is 1.79 bits per heavy atom. The van der Waals surface area contributed by atoms with Crippen LogP contribution in [0, 0.1) is 0 Å². The van der Waals surface area contributed by atoms with E-state index in [2.05, 4.69) is 39.5 Å². The third kappa shape index (κ3) is 5.48. The second-order valence-corrected chi connectivity index (χ2v) is 6.50. The minimum atomic E-state index is 0.489. The Balaban J connectivity index is 1.38. The Kier molecular flexibility index (Phi) is 6.47. The fourth-order valence-corrected chi connectivity index (χ4v) is 2.96. The number of aryl methyl sites for hydroxylation is 1. The lowest BCUT2D eigenvalue weighted by Crippen LogP contribution is -2.42. The SMILES string of the molecule is Clc1ccc(OCCCc2ccc(CN3CCNCC3)cc2)cn1. The number of benzene rings is 1. The fourth-order valence-electron chi connectivity index (χ4n) is 2.85. The molecule has 1 aliphatic heterocycles. The van der Waals surface area contributed by atoms with Gasteiger partial charge in [0.05, 0.1) is 12.8 Å². The average molecular weight is 346 g/mol. The minimum absolute atomic E-state index is 0.489. The van der Waals surface area contributed by atoms with E-state index in [0.29, 0.717) is 11.8 Å². The van der Waals surface area contributed by atoms with Crippen LogP contribution >= 0.6 is 11.6 Å². The molecule has 2 heterocycles. The van der Waals surface area contributed by atoms with Crippen LogP contribution in [0.2, 0.25) is 5.15 Å². The third-order valence-corrected chi connectivity index (χ3v) is 4.44. The van der Waals surface area contributed by atoms with Gasteiger partial charge < -0.3 is 10.1 Å². The fraction of sp³-hybridized carbons (Fsp3) is 0.421. The lowest BCUT2D eigenvalue weighted by Gasteiger charge is -2.27. The smallest absolute Gasteiger partial charge is 0.137 e. The van der Waals surface area contributed by atoms with Crippen LogP contribution in [-0.4, -0.2) is 42.7 Å². The van der Waals surface area contributed by atoms with E-state index in [1.54, 1.807) is 12.3 Å². The summed E-state index contributed by atoms with van der Waals surface area (Å²) in [5.41, 5.74) is 2.75. The van der Waals surface area contributed by atoms with Crippen molar-refractivity contribution in [3.63, 3.8) is 0 Å². The number of pyridine rings is 1. The summed E-state index contributed by atoms with van der Waals surface area (Å²) < 4.78 is 5.67. The highest BCUT2D eigenvalue weighted by molar-refractivity contribution is 6.29. The molecule has 0 spiro atoms. The van der Waals surface area contributed by atoms with Crippen LogP contribution in [0.4, 0.5) is 0 Å². The molecule has 24 heavy (non-hydrogen) atoms. The molecule has 1 N–H and O–H groups in total. The van der Waals surface area contributed by atoms with Gasteiger partial charge in [-0.25, -0.2) is 4.98 Å². The minimum Gasteiger partial charge on any atom is -0.492 e. The van der Waals surface area contributed by atoms with Crippen LogP contribution in [0.15, 0.2) is 42.6 Å². The molecule has 5 heteroatoms. The maximum atomic E-state index is 5.75. The number of piperazine rings is 1. The summed E-state index contributed by atoms with van der Waals surface area (Å²) >= 11 is 5.75. The average Bonchev–Trinajstić information content (AvgIpc) is 2.62. The van der Waals surface area contributed by atoms with Gasteiger partial charge in [-0.2, -0.15) is 0 Å². The monoisotopic (exact) mass is 345 g/mol. The van der Waals surface area contributed by atoms with Gasteiger partial charge in [-0.3, -0.25) is 4.90 Å². The summed E-state index contributed by atoms with van der Waals surface area (Å²) in [4.78, 5) is 6.51. The molecule has 0 unspecified atom stereocenters. The van der Waals surface area contributed by atoms with Crippen molar-refractivity contribution in [2.24, 2.45) is 0 Å². The van der Waals surface area contributed by atoms with Crippen molar-refractivity contribution in [3.05, 3.63) is 58.9 Å². The summed E-state index contributed by atoms with van der Waals surface area (Å²) in [7, 11) is 0. The maximum Gasteiger partial charge on any atom is 0.137 e. The summed E-state index contributed by atoms with van der Waals surface area (Å²) in [6, 6.07) is 12.6. The first kappa shape index (κ1) is 17.2. The Morgan fingerprint density at radius 3 is 2.50 bits per heavy atom. The van der Waals surface area contributed by atoms with Crippen LogP contribution in [0.25, 0.3) is 0 Å². The Morgan fingerprint density at radius 1 is 1.04 bits per heavy atom. The topological polar surface area (TPSA) is 37.4 Å². The largest absolute Gasteiger partial charge is 0.492 e. The van der Waals surface area contributed by atoms with E-state index >= 15 is 0 Å². The highest BCUT2D eigenvalue weighted by Gasteiger charge is 2.09. The second-order valence-electron chi connectivity index (χ2n) is 6.11. The van der Waals surface area contributed by atoms with E-state index in [1.165, 1.54) is 11.1 Å². The molecule has 128 valence electrons. The van der Waals surface area contributed by atoms with Crippen LogP contribution < -0.4 is 10.1 Å². The molecule has 1 aromatic heterocycles. The molecule has 0 saturated carbocycles. The van der Waals surface area contributed by atoms with Crippen molar-refractivity contribution >= 4 is 11.6 Å². The molecule has 0 amide bonds. The first-order valence-electron chi connectivity index (χ1n) is 8.55. The van der Waals surface area contributed by atoms with E-state index in [0.717, 1.165) is 51.3 Å². The lowest BCUT2D eigenvalue weighted by molar-refractivity contribution is 0.233. The number of nitrogens with one attached hydrogen (secondary N) is 1. The first-order chi connectivity index (χ1) is 11.8. The highest BCUT2D eigenvalue weighted by Crippen LogP contribution is 2.13. The van der Waals surface area contributed by atoms with Gasteiger partial charge in [-0.15, -0.1) is 0 Å². The predicted octanol–water partition coefficient (Wildman–Crippen LogP) is 3.15. The van der Waals surface area contributed by atoms with Crippen molar-refractivity contribution in [2.45, 2.75) is 19.4 Å². The molecule has 0 radical (unpaired) electrons. The molecule has 3 rings (SSSR count). The Labute approximate surface area is 148 Å². The van der Waals surface area contributed by atoms with E-state index in [4.69, 9.17) is 16.3 Å². The lowest BCUT2D eigenvalue weighted by atomic mass is 10.1. The molecule has 0 aliphatic carbocycles. The van der Waals surface area contributed by atoms with Crippen LogP contribution in [-0.2, 0) is 13.0 Å². The normalized spacial score (nSPS) is 15.4. The van der Waals surface area contributed by atoms with Gasteiger partial charge >= 0.3 is 0 Å². The van der Waals surface area contributed by atoms with Crippen molar-refractivity contribution in [2.75, 3.05) is 32.8 Å². The molecule has 1 fully saturated rings.